The number of hydrogen-bond donors (Lipinski definition) is 0. The van der Waals surface area contributed by atoms with Crippen molar-refractivity contribution in [1.82, 2.24) is 4.57 Å². The van der Waals surface area contributed by atoms with Crippen molar-refractivity contribution in [3.63, 3.8) is 0 Å². The fourth-order valence-electron chi connectivity index (χ4n) is 4.19. The van der Waals surface area contributed by atoms with Crippen LogP contribution < -0.4 is 4.74 Å². The lowest BCUT2D eigenvalue weighted by Gasteiger charge is -2.28. The summed E-state index contributed by atoms with van der Waals surface area (Å²) >= 11 is 3.55. The van der Waals surface area contributed by atoms with E-state index in [1.807, 2.05) is 37.4 Å². The summed E-state index contributed by atoms with van der Waals surface area (Å²) in [6.45, 7) is 0. The molecule has 3 nitrogen and oxygen atoms in total. The van der Waals surface area contributed by atoms with Crippen molar-refractivity contribution in [2.75, 3.05) is 7.11 Å². The molecule has 4 rings (SSSR count). The number of aromatic nitrogens is 1. The Morgan fingerprint density at radius 1 is 1.16 bits per heavy atom. The molecule has 3 aromatic rings. The molecule has 1 atom stereocenters. The van der Waals surface area contributed by atoms with Crippen LogP contribution in [0.5, 0.6) is 5.75 Å². The third-order valence-corrected chi connectivity index (χ3v) is 5.92. The molecule has 1 saturated carbocycles. The van der Waals surface area contributed by atoms with Crippen molar-refractivity contribution in [2.45, 2.75) is 24.7 Å². The van der Waals surface area contributed by atoms with Crippen LogP contribution in [0.15, 0.2) is 53.1 Å². The molecule has 0 aliphatic heterocycles. The molecule has 0 spiro atoms. The predicted molar refractivity (Wildman–Crippen MR) is 103 cm³/mol. The highest BCUT2D eigenvalue weighted by Gasteiger charge is 2.46. The van der Waals surface area contributed by atoms with E-state index in [0.29, 0.717) is 12.2 Å². The van der Waals surface area contributed by atoms with E-state index in [1.54, 1.807) is 7.11 Å². The molecule has 0 N–H and O–H groups in total. The van der Waals surface area contributed by atoms with E-state index in [0.717, 1.165) is 45.1 Å². The van der Waals surface area contributed by atoms with Gasteiger partial charge >= 0.3 is 0 Å². The number of halogens is 1. The number of hydrogen-bond acceptors (Lipinski definition) is 2. The van der Waals surface area contributed by atoms with Gasteiger partial charge in [0, 0.05) is 35.0 Å². The summed E-state index contributed by atoms with van der Waals surface area (Å²) in [6, 6.07) is 14.3. The highest BCUT2D eigenvalue weighted by Crippen LogP contribution is 2.47. The Bertz CT molecular complexity index is 958. The van der Waals surface area contributed by atoms with Crippen LogP contribution >= 0.6 is 15.9 Å². The Morgan fingerprint density at radius 3 is 2.56 bits per heavy atom. The standard InChI is InChI=1S/C21H20BrNO2/c1-23-13-18(17-10-7-15(22)12-19(17)23)21(11-3-4-20(21)24)14-5-8-16(25-2)9-6-14/h5-10,12-13H,3-4,11H2,1-2H3. The second kappa shape index (κ2) is 6.03. The number of carbonyl (C=O) groups excluding carboxylic acids is 1. The zero-order valence-corrected chi connectivity index (χ0v) is 16.0. The molecule has 1 fully saturated rings. The molecule has 0 bridgehead atoms. The molecule has 25 heavy (non-hydrogen) atoms. The minimum atomic E-state index is -0.556. The summed E-state index contributed by atoms with van der Waals surface area (Å²) in [6.07, 6.45) is 4.55. The van der Waals surface area contributed by atoms with Gasteiger partial charge in [-0.2, -0.15) is 0 Å². The Labute approximate surface area is 155 Å². The van der Waals surface area contributed by atoms with E-state index in [1.165, 1.54) is 0 Å². The second-order valence-electron chi connectivity index (χ2n) is 6.73. The smallest absolute Gasteiger partial charge is 0.147 e. The molecule has 4 heteroatoms. The van der Waals surface area contributed by atoms with Crippen LogP contribution in [0.2, 0.25) is 0 Å². The third-order valence-electron chi connectivity index (χ3n) is 5.43. The van der Waals surface area contributed by atoms with E-state index in [2.05, 4.69) is 38.8 Å². The molecule has 1 aromatic heterocycles. The van der Waals surface area contributed by atoms with Gasteiger partial charge in [0.05, 0.1) is 12.5 Å². The van der Waals surface area contributed by atoms with Gasteiger partial charge in [-0.3, -0.25) is 4.79 Å². The van der Waals surface area contributed by atoms with Gasteiger partial charge in [0.2, 0.25) is 0 Å². The SMILES string of the molecule is COc1ccc(C2(c3cn(C)c4cc(Br)ccc34)CCCC2=O)cc1. The maximum atomic E-state index is 13.1. The Morgan fingerprint density at radius 2 is 1.92 bits per heavy atom. The lowest BCUT2D eigenvalue weighted by molar-refractivity contribution is -0.120. The zero-order valence-electron chi connectivity index (χ0n) is 14.4. The number of methoxy groups -OCH3 is 1. The molecule has 1 aliphatic rings. The third kappa shape index (κ3) is 2.43. The maximum absolute atomic E-state index is 13.1. The molecule has 0 radical (unpaired) electrons. The van der Waals surface area contributed by atoms with Crippen LogP contribution in [-0.2, 0) is 17.3 Å². The number of ether oxygens (including phenoxy) is 1. The van der Waals surface area contributed by atoms with Gasteiger partial charge in [0.25, 0.3) is 0 Å². The number of nitrogens with zero attached hydrogens (tertiary/aromatic N) is 1. The van der Waals surface area contributed by atoms with E-state index >= 15 is 0 Å². The van der Waals surface area contributed by atoms with Crippen LogP contribution in [0.25, 0.3) is 10.9 Å². The largest absolute Gasteiger partial charge is 0.497 e. The Hall–Kier alpha value is -2.07. The van der Waals surface area contributed by atoms with Crippen molar-refractivity contribution < 1.29 is 9.53 Å². The number of fused-ring (bicyclic) bond motifs is 1. The summed E-state index contributed by atoms with van der Waals surface area (Å²) < 4.78 is 8.45. The van der Waals surface area contributed by atoms with Crippen LogP contribution in [0.1, 0.15) is 30.4 Å². The molecule has 2 aromatic carbocycles. The van der Waals surface area contributed by atoms with Gasteiger partial charge < -0.3 is 9.30 Å². The van der Waals surface area contributed by atoms with E-state index in [4.69, 9.17) is 4.74 Å². The predicted octanol–water partition coefficient (Wildman–Crippen LogP) is 4.99. The van der Waals surface area contributed by atoms with Crippen molar-refractivity contribution in [3.05, 3.63) is 64.3 Å². The lowest BCUT2D eigenvalue weighted by Crippen LogP contribution is -2.32. The van der Waals surface area contributed by atoms with Gasteiger partial charge in [0.15, 0.2) is 0 Å². The molecule has 0 amide bonds. The molecular formula is C21H20BrNO2. The molecule has 1 aliphatic carbocycles. The van der Waals surface area contributed by atoms with Crippen molar-refractivity contribution >= 4 is 32.6 Å². The summed E-state index contributed by atoms with van der Waals surface area (Å²) in [5.74, 6) is 1.12. The topological polar surface area (TPSA) is 31.2 Å². The first-order valence-corrected chi connectivity index (χ1v) is 9.28. The van der Waals surface area contributed by atoms with E-state index in [9.17, 15) is 4.79 Å². The minimum Gasteiger partial charge on any atom is -0.497 e. The molecule has 128 valence electrons. The summed E-state index contributed by atoms with van der Waals surface area (Å²) in [5.41, 5.74) is 2.76. The van der Waals surface area contributed by atoms with E-state index < -0.39 is 5.41 Å². The van der Waals surface area contributed by atoms with Crippen molar-refractivity contribution in [3.8, 4) is 5.75 Å². The number of ketones is 1. The highest BCUT2D eigenvalue weighted by atomic mass is 79.9. The van der Waals surface area contributed by atoms with Gasteiger partial charge in [-0.05, 0) is 48.2 Å². The number of aryl methyl sites for hydroxylation is 1. The minimum absolute atomic E-state index is 0.313. The Balaban J connectivity index is 1.98. The first kappa shape index (κ1) is 16.4. The van der Waals surface area contributed by atoms with Gasteiger partial charge in [-0.15, -0.1) is 0 Å². The van der Waals surface area contributed by atoms with Crippen LogP contribution in [0.3, 0.4) is 0 Å². The fraction of sp³-hybridized carbons (Fsp3) is 0.286. The second-order valence-corrected chi connectivity index (χ2v) is 7.64. The summed E-state index contributed by atoms with van der Waals surface area (Å²) in [5, 5.41) is 1.15. The average Bonchev–Trinajstić information content (AvgIpc) is 3.16. The van der Waals surface area contributed by atoms with E-state index in [-0.39, 0.29) is 0 Å². The normalized spacial score (nSPS) is 20.4. The fourth-order valence-corrected chi connectivity index (χ4v) is 4.53. The Kier molecular flexibility index (Phi) is 3.95. The zero-order chi connectivity index (χ0) is 17.6. The number of rotatable bonds is 3. The lowest BCUT2D eigenvalue weighted by atomic mass is 9.72. The van der Waals surface area contributed by atoms with Crippen molar-refractivity contribution in [2.24, 2.45) is 7.05 Å². The van der Waals surface area contributed by atoms with Gasteiger partial charge in [0.1, 0.15) is 11.5 Å². The number of benzene rings is 2. The molecular weight excluding hydrogens is 378 g/mol. The highest BCUT2D eigenvalue weighted by molar-refractivity contribution is 9.10. The number of Topliss-reactive ketones (excluding diaryl/α,β-unsaturated/α-hetero) is 1. The maximum Gasteiger partial charge on any atom is 0.147 e. The monoisotopic (exact) mass is 397 g/mol. The summed E-state index contributed by atoms with van der Waals surface area (Å²) in [4.78, 5) is 13.1. The van der Waals surface area contributed by atoms with Crippen LogP contribution in [0.4, 0.5) is 0 Å². The first-order valence-electron chi connectivity index (χ1n) is 8.49. The quantitative estimate of drug-likeness (QED) is 0.623. The first-order chi connectivity index (χ1) is 12.1. The average molecular weight is 398 g/mol. The van der Waals surface area contributed by atoms with Gasteiger partial charge in [-0.25, -0.2) is 0 Å². The molecule has 0 saturated heterocycles. The van der Waals surface area contributed by atoms with Crippen molar-refractivity contribution in [1.29, 1.82) is 0 Å². The van der Waals surface area contributed by atoms with Gasteiger partial charge in [-0.1, -0.05) is 34.1 Å². The molecule has 1 heterocycles. The number of carbonyl (C=O) groups is 1. The van der Waals surface area contributed by atoms with Crippen LogP contribution in [0, 0.1) is 0 Å². The molecule has 1 unspecified atom stereocenters. The van der Waals surface area contributed by atoms with Crippen LogP contribution in [-0.4, -0.2) is 17.5 Å². The summed E-state index contributed by atoms with van der Waals surface area (Å²) in [7, 11) is 3.70.